The first-order valence-corrected chi connectivity index (χ1v) is 10.3. The third-order valence-corrected chi connectivity index (χ3v) is 6.01. The van der Waals surface area contributed by atoms with Crippen LogP contribution in [-0.2, 0) is 4.79 Å². The maximum atomic E-state index is 12.6. The molecular formula is C21H16Cl2N2O3S. The number of nitrogens with zero attached hydrogens (tertiary/aromatic N) is 1. The monoisotopic (exact) mass is 446 g/mol. The lowest BCUT2D eigenvalue weighted by Gasteiger charge is -2.27. The maximum Gasteiger partial charge on any atom is 0.174 e. The molecule has 1 aliphatic heterocycles. The summed E-state index contributed by atoms with van der Waals surface area (Å²) in [7, 11) is 0. The van der Waals surface area contributed by atoms with Gasteiger partial charge in [0.2, 0.25) is 0 Å². The zero-order valence-electron chi connectivity index (χ0n) is 15.6. The molecule has 2 heterocycles. The lowest BCUT2D eigenvalue weighted by atomic mass is 9.84. The third-order valence-electron chi connectivity index (χ3n) is 4.43. The molecule has 0 aliphatic carbocycles. The van der Waals surface area contributed by atoms with Crippen LogP contribution in [0.3, 0.4) is 0 Å². The summed E-state index contributed by atoms with van der Waals surface area (Å²) < 4.78 is 5.50. The Kier molecular flexibility index (Phi) is 6.53. The Balaban J connectivity index is 1.93. The SMILES string of the molecule is CC(=O)C1=C(C)NC(SCC(=O)c2cc(Cl)ccc2Cl)=C(C#N)C1c1ccco1. The second-order valence-corrected chi connectivity index (χ2v) is 8.19. The molecule has 2 aromatic rings. The van der Waals surface area contributed by atoms with Crippen LogP contribution in [0.5, 0.6) is 0 Å². The maximum absolute atomic E-state index is 12.6. The van der Waals surface area contributed by atoms with E-state index < -0.39 is 5.92 Å². The van der Waals surface area contributed by atoms with Gasteiger partial charge in [0.25, 0.3) is 0 Å². The van der Waals surface area contributed by atoms with E-state index in [9.17, 15) is 14.9 Å². The Labute approximate surface area is 182 Å². The van der Waals surface area contributed by atoms with E-state index in [1.165, 1.54) is 31.0 Å². The molecule has 0 spiro atoms. The topological polar surface area (TPSA) is 83.1 Å². The molecule has 0 fully saturated rings. The number of allylic oxidation sites excluding steroid dienone is 3. The number of thioether (sulfide) groups is 1. The number of rotatable bonds is 6. The van der Waals surface area contributed by atoms with Gasteiger partial charge in [-0.2, -0.15) is 5.26 Å². The summed E-state index contributed by atoms with van der Waals surface area (Å²) in [5.74, 6) is -0.463. The molecular weight excluding hydrogens is 431 g/mol. The Hall–Kier alpha value is -2.46. The smallest absolute Gasteiger partial charge is 0.174 e. The number of furan rings is 1. The Bertz CT molecular complexity index is 1080. The van der Waals surface area contributed by atoms with Crippen molar-refractivity contribution >= 4 is 46.5 Å². The van der Waals surface area contributed by atoms with Crippen LogP contribution in [0.4, 0.5) is 0 Å². The van der Waals surface area contributed by atoms with E-state index in [-0.39, 0.29) is 17.3 Å². The number of carbonyl (C=O) groups excluding carboxylic acids is 2. The molecule has 0 bridgehead atoms. The lowest BCUT2D eigenvalue weighted by molar-refractivity contribution is -0.113. The van der Waals surface area contributed by atoms with E-state index in [0.29, 0.717) is 43.2 Å². The van der Waals surface area contributed by atoms with Crippen LogP contribution in [0.15, 0.2) is 62.9 Å². The fourth-order valence-electron chi connectivity index (χ4n) is 3.16. The number of nitriles is 1. The molecule has 5 nitrogen and oxygen atoms in total. The van der Waals surface area contributed by atoms with E-state index >= 15 is 0 Å². The number of nitrogens with one attached hydrogen (secondary N) is 1. The highest BCUT2D eigenvalue weighted by atomic mass is 35.5. The first-order chi connectivity index (χ1) is 13.8. The van der Waals surface area contributed by atoms with E-state index in [2.05, 4.69) is 11.4 Å². The van der Waals surface area contributed by atoms with Gasteiger partial charge in [0.15, 0.2) is 11.6 Å². The number of carbonyl (C=O) groups is 2. The van der Waals surface area contributed by atoms with Gasteiger partial charge in [0, 0.05) is 21.9 Å². The van der Waals surface area contributed by atoms with Gasteiger partial charge in [-0.15, -0.1) is 0 Å². The molecule has 29 heavy (non-hydrogen) atoms. The van der Waals surface area contributed by atoms with Crippen LogP contribution < -0.4 is 5.32 Å². The molecule has 0 radical (unpaired) electrons. The molecule has 148 valence electrons. The normalized spacial score (nSPS) is 16.4. The first-order valence-electron chi connectivity index (χ1n) is 8.61. The fraction of sp³-hybridized carbons (Fsp3) is 0.190. The molecule has 0 saturated heterocycles. The quantitative estimate of drug-likeness (QED) is 0.590. The van der Waals surface area contributed by atoms with Gasteiger partial charge >= 0.3 is 0 Å². The van der Waals surface area contributed by atoms with Gasteiger partial charge < -0.3 is 9.73 Å². The number of hydrogen-bond acceptors (Lipinski definition) is 6. The van der Waals surface area contributed by atoms with Gasteiger partial charge in [0.05, 0.1) is 39.6 Å². The zero-order valence-corrected chi connectivity index (χ0v) is 17.9. The van der Waals surface area contributed by atoms with Crippen LogP contribution >= 0.6 is 35.0 Å². The molecule has 1 aromatic heterocycles. The first kappa shape index (κ1) is 21.3. The predicted octanol–water partition coefficient (Wildman–Crippen LogP) is 5.49. The summed E-state index contributed by atoms with van der Waals surface area (Å²) in [5.41, 5.74) is 1.73. The summed E-state index contributed by atoms with van der Waals surface area (Å²) in [6.07, 6.45) is 1.50. The van der Waals surface area contributed by atoms with Crippen molar-refractivity contribution in [2.24, 2.45) is 0 Å². The minimum absolute atomic E-state index is 0.0428. The van der Waals surface area contributed by atoms with Gasteiger partial charge in [-0.1, -0.05) is 35.0 Å². The standard InChI is InChI=1S/C21H16Cl2N2O3S/c1-11-19(12(2)26)20(18-4-3-7-28-18)15(9-24)21(25-11)29-10-17(27)14-8-13(22)5-6-16(14)23/h3-8,20,25H,10H2,1-2H3. The highest BCUT2D eigenvalue weighted by Crippen LogP contribution is 2.41. The average Bonchev–Trinajstić information content (AvgIpc) is 3.21. The van der Waals surface area contributed by atoms with Crippen molar-refractivity contribution in [3.05, 3.63) is 79.8 Å². The molecule has 1 aromatic carbocycles. The van der Waals surface area contributed by atoms with E-state index in [1.807, 2.05) is 0 Å². The Morgan fingerprint density at radius 2 is 2.07 bits per heavy atom. The lowest BCUT2D eigenvalue weighted by Crippen LogP contribution is -2.27. The molecule has 1 aliphatic rings. The van der Waals surface area contributed by atoms with Crippen molar-refractivity contribution in [1.82, 2.24) is 5.32 Å². The van der Waals surface area contributed by atoms with Crippen LogP contribution in [0.25, 0.3) is 0 Å². The van der Waals surface area contributed by atoms with Crippen LogP contribution in [0, 0.1) is 11.3 Å². The second kappa shape index (κ2) is 8.91. The predicted molar refractivity (Wildman–Crippen MR) is 114 cm³/mol. The minimum Gasteiger partial charge on any atom is -0.468 e. The molecule has 0 amide bonds. The number of hydrogen-bond donors (Lipinski definition) is 1. The second-order valence-electron chi connectivity index (χ2n) is 6.36. The average molecular weight is 447 g/mol. The summed E-state index contributed by atoms with van der Waals surface area (Å²) in [6.45, 7) is 3.21. The number of ketones is 2. The molecule has 1 unspecified atom stereocenters. The summed E-state index contributed by atoms with van der Waals surface area (Å²) in [4.78, 5) is 24.9. The van der Waals surface area contributed by atoms with Gasteiger partial charge in [-0.05, 0) is 44.2 Å². The number of Topliss-reactive ketones (excluding diaryl/α,β-unsaturated/α-hetero) is 2. The fourth-order valence-corrected chi connectivity index (χ4v) is 4.53. The van der Waals surface area contributed by atoms with Crippen molar-refractivity contribution in [2.75, 3.05) is 5.75 Å². The molecule has 3 rings (SSSR count). The minimum atomic E-state index is -0.624. The molecule has 0 saturated carbocycles. The van der Waals surface area contributed by atoms with Crippen molar-refractivity contribution < 1.29 is 14.0 Å². The highest BCUT2D eigenvalue weighted by molar-refractivity contribution is 8.03. The molecule has 1 N–H and O–H groups in total. The van der Waals surface area contributed by atoms with E-state index in [1.54, 1.807) is 31.2 Å². The third kappa shape index (κ3) is 4.43. The van der Waals surface area contributed by atoms with Crippen molar-refractivity contribution in [3.63, 3.8) is 0 Å². The molecule has 8 heteroatoms. The van der Waals surface area contributed by atoms with Crippen molar-refractivity contribution in [2.45, 2.75) is 19.8 Å². The summed E-state index contributed by atoms with van der Waals surface area (Å²) in [5, 5.41) is 14.2. The summed E-state index contributed by atoms with van der Waals surface area (Å²) >= 11 is 13.2. The van der Waals surface area contributed by atoms with Gasteiger partial charge in [-0.3, -0.25) is 9.59 Å². The number of halogens is 2. The number of benzene rings is 1. The van der Waals surface area contributed by atoms with E-state index in [4.69, 9.17) is 27.6 Å². The van der Waals surface area contributed by atoms with Gasteiger partial charge in [0.1, 0.15) is 5.76 Å². The van der Waals surface area contributed by atoms with Crippen LogP contribution in [0.1, 0.15) is 35.9 Å². The van der Waals surface area contributed by atoms with E-state index in [0.717, 1.165) is 0 Å². The Morgan fingerprint density at radius 1 is 1.31 bits per heavy atom. The van der Waals surface area contributed by atoms with Crippen LogP contribution in [0.2, 0.25) is 10.0 Å². The van der Waals surface area contributed by atoms with Crippen LogP contribution in [-0.4, -0.2) is 17.3 Å². The zero-order chi connectivity index (χ0) is 21.1. The summed E-state index contributed by atoms with van der Waals surface area (Å²) in [6, 6.07) is 10.3. The molecule has 1 atom stereocenters. The van der Waals surface area contributed by atoms with Gasteiger partial charge in [-0.25, -0.2) is 0 Å². The Morgan fingerprint density at radius 3 is 2.69 bits per heavy atom. The largest absolute Gasteiger partial charge is 0.468 e. The van der Waals surface area contributed by atoms with Crippen molar-refractivity contribution in [3.8, 4) is 6.07 Å². The number of dihydropyridines is 1. The highest BCUT2D eigenvalue weighted by Gasteiger charge is 2.35. The van der Waals surface area contributed by atoms with Crippen molar-refractivity contribution in [1.29, 1.82) is 5.26 Å².